The van der Waals surface area contributed by atoms with Gasteiger partial charge in [-0.2, -0.15) is 13.2 Å². The molecule has 8 aliphatic rings. The quantitative estimate of drug-likeness (QED) is 0.184. The van der Waals surface area contributed by atoms with E-state index >= 15 is 28.8 Å². The summed E-state index contributed by atoms with van der Waals surface area (Å²) in [7, 11) is 7.39. The van der Waals surface area contributed by atoms with E-state index in [4.69, 9.17) is 11.6 Å². The van der Waals surface area contributed by atoms with Crippen LogP contribution in [0.2, 0.25) is 0 Å². The van der Waals surface area contributed by atoms with E-state index in [0.29, 0.717) is 58.0 Å². The van der Waals surface area contributed by atoms with Crippen molar-refractivity contribution in [3.8, 4) is 0 Å². The maximum Gasteiger partial charge on any atom is 0.393 e. The van der Waals surface area contributed by atoms with Crippen molar-refractivity contribution < 1.29 is 70.7 Å². The first kappa shape index (κ1) is 80.4. The van der Waals surface area contributed by atoms with Crippen molar-refractivity contribution in [2.75, 3.05) is 74.5 Å². The van der Waals surface area contributed by atoms with Crippen LogP contribution in [0.15, 0.2) is 0 Å². The van der Waals surface area contributed by atoms with Crippen molar-refractivity contribution in [1.29, 1.82) is 0 Å². The zero-order valence-electron chi connectivity index (χ0n) is 61.8. The molecule has 24 nitrogen and oxygen atoms in total. The van der Waals surface area contributed by atoms with Gasteiger partial charge in [-0.05, 0) is 140 Å². The van der Waals surface area contributed by atoms with Gasteiger partial charge in [0.05, 0.1) is 18.9 Å². The first-order valence-electron chi connectivity index (χ1n) is 37.9. The number of nitrogens with zero attached hydrogens (tertiary/aromatic N) is 9. The lowest BCUT2D eigenvalue weighted by atomic mass is 9.78. The molecule has 0 bridgehead atoms. The van der Waals surface area contributed by atoms with Crippen molar-refractivity contribution in [2.24, 2.45) is 35.5 Å². The Morgan fingerprint density at radius 2 is 1.25 bits per heavy atom. The average Bonchev–Trinajstić information content (AvgIpc) is 1.77. The molecule has 4 aliphatic carbocycles. The number of hydrogen-bond acceptors (Lipinski definition) is 12. The topological polar surface area (TPSA) is 270 Å². The van der Waals surface area contributed by atoms with E-state index in [2.05, 4.69) is 16.0 Å². The number of nitrogens with one attached hydrogen (secondary N) is 3. The highest BCUT2D eigenvalue weighted by Gasteiger charge is 2.53. The number of rotatable bonds is 12. The van der Waals surface area contributed by atoms with Gasteiger partial charge in [-0.1, -0.05) is 91.9 Å². The van der Waals surface area contributed by atoms with Crippen LogP contribution in [0.5, 0.6) is 0 Å². The minimum Gasteiger partial charge on any atom is -0.343 e. The molecular weight excluding hydrogens is 1330 g/mol. The molecule has 101 heavy (non-hydrogen) atoms. The lowest BCUT2D eigenvalue weighted by Gasteiger charge is -2.45. The van der Waals surface area contributed by atoms with E-state index in [9.17, 15) is 41.9 Å². The molecule has 28 heteroatoms. The summed E-state index contributed by atoms with van der Waals surface area (Å²) in [4.78, 5) is 193. The van der Waals surface area contributed by atoms with Gasteiger partial charge in [0.25, 0.3) is 0 Å². The standard InChI is InChI=1S/C73H116ClF3N12O12/c1-12-45(5)60-69(99)81(7)46(6)64(94)89-38-32-54(89)66(96)83(9)56(41-47-23-15-14-16-24-47)67(97)86(13-2)43-58(90)78-52(31-29-48-28-30-50(51(74)40-48)73(75,76)77)65(95)88-37-21-27-53(88)63(93)80-72(33-19-20-34-72)71(101)85(11)61(49-25-17-18-26-49)70(100)84(10)57(68(98)87-35-22-36-87)42-59(91)82(8)55(39-44(3)4)62(92)79-60/h44-57,60-61H,12-43H2,1-11H3,(H,78,90)(H,79,92)(H,80,93)/t45-,46-,48?,50?,51?,52-,53-,54-,55-,56-,57-,60-,61-/m0/s1. The molecule has 4 heterocycles. The first-order valence-corrected chi connectivity index (χ1v) is 38.3. The van der Waals surface area contributed by atoms with E-state index in [1.54, 1.807) is 18.7 Å². The van der Waals surface area contributed by atoms with Crippen LogP contribution in [0.4, 0.5) is 13.2 Å². The number of fused-ring (bicyclic) bond motifs is 2. The van der Waals surface area contributed by atoms with Crippen molar-refractivity contribution >= 4 is 82.5 Å². The Morgan fingerprint density at radius 3 is 1.82 bits per heavy atom. The Morgan fingerprint density at radius 1 is 0.604 bits per heavy atom. The molecule has 0 radical (unpaired) electrons. The highest BCUT2D eigenvalue weighted by molar-refractivity contribution is 6.21. The molecule has 8 rings (SSSR count). The lowest BCUT2D eigenvalue weighted by Crippen LogP contribution is -2.65. The van der Waals surface area contributed by atoms with Gasteiger partial charge in [0.2, 0.25) is 70.9 Å². The van der Waals surface area contributed by atoms with E-state index in [1.807, 2.05) is 20.8 Å². The fraction of sp³-hybridized carbons (Fsp3) is 0.836. The monoisotopic (exact) mass is 1440 g/mol. The summed E-state index contributed by atoms with van der Waals surface area (Å²) in [5.41, 5.74) is -1.54. The van der Waals surface area contributed by atoms with Gasteiger partial charge in [-0.15, -0.1) is 11.6 Å². The Hall–Kier alpha value is -6.28. The fourth-order valence-corrected chi connectivity index (χ4v) is 17.7. The summed E-state index contributed by atoms with van der Waals surface area (Å²) in [5.74, 6) is -10.2. The lowest BCUT2D eigenvalue weighted by molar-refractivity contribution is -0.182. The molecule has 4 aliphatic heterocycles. The summed E-state index contributed by atoms with van der Waals surface area (Å²) in [5, 5.41) is 7.72. The minimum atomic E-state index is -4.51. The zero-order valence-corrected chi connectivity index (χ0v) is 62.6. The summed E-state index contributed by atoms with van der Waals surface area (Å²) in [6.45, 7) is 11.1. The largest absolute Gasteiger partial charge is 0.393 e. The molecule has 3 unspecified atom stereocenters. The fourth-order valence-electron chi connectivity index (χ4n) is 17.1. The predicted molar refractivity (Wildman–Crippen MR) is 372 cm³/mol. The minimum absolute atomic E-state index is 0.0000672. The van der Waals surface area contributed by atoms with Gasteiger partial charge >= 0.3 is 6.18 Å². The van der Waals surface area contributed by atoms with Gasteiger partial charge in [-0.3, -0.25) is 57.5 Å². The maximum absolute atomic E-state index is 15.6. The average molecular weight is 1450 g/mol. The van der Waals surface area contributed by atoms with Crippen LogP contribution >= 0.6 is 11.6 Å². The van der Waals surface area contributed by atoms with Gasteiger partial charge in [0.15, 0.2) is 0 Å². The molecule has 568 valence electrons. The van der Waals surface area contributed by atoms with Gasteiger partial charge in [0, 0.05) is 73.3 Å². The van der Waals surface area contributed by atoms with Gasteiger partial charge in [-0.25, -0.2) is 0 Å². The Kier molecular flexibility index (Phi) is 27.9. The normalized spacial score (nSPS) is 31.5. The molecule has 3 N–H and O–H groups in total. The Labute approximate surface area is 600 Å². The molecule has 1 spiro atoms. The molecule has 8 fully saturated rings. The van der Waals surface area contributed by atoms with Crippen molar-refractivity contribution in [3.63, 3.8) is 0 Å². The number of alkyl halides is 4. The Bertz CT molecular complexity index is 3000. The second-order valence-electron chi connectivity index (χ2n) is 31.3. The first-order chi connectivity index (χ1) is 47.7. The number of halogens is 4. The molecule has 0 aromatic rings. The molecule has 13 atom stereocenters. The van der Waals surface area contributed by atoms with Crippen LogP contribution in [-0.2, 0) is 57.5 Å². The van der Waals surface area contributed by atoms with E-state index < -0.39 is 167 Å². The molecule has 12 amide bonds. The predicted octanol–water partition coefficient (Wildman–Crippen LogP) is 6.24. The van der Waals surface area contributed by atoms with Crippen molar-refractivity contribution in [1.82, 2.24) is 60.0 Å². The third-order valence-electron chi connectivity index (χ3n) is 24.3. The van der Waals surface area contributed by atoms with E-state index in [-0.39, 0.29) is 114 Å². The summed E-state index contributed by atoms with van der Waals surface area (Å²) in [6.07, 6.45) is 5.87. The number of carbonyl (C=O) groups excluding carboxylic acids is 12. The molecule has 4 saturated carbocycles. The number of amides is 12. The molecule has 0 aromatic heterocycles. The summed E-state index contributed by atoms with van der Waals surface area (Å²) in [6, 6.07) is -10.6. The zero-order chi connectivity index (χ0) is 74.1. The number of likely N-dealkylation sites (tertiary alicyclic amines) is 1. The van der Waals surface area contributed by atoms with E-state index in [0.717, 1.165) is 44.9 Å². The van der Waals surface area contributed by atoms with Crippen molar-refractivity contribution in [2.45, 2.75) is 280 Å². The smallest absolute Gasteiger partial charge is 0.343 e. The maximum atomic E-state index is 15.6. The Balaban J connectivity index is 1.17. The van der Waals surface area contributed by atoms with E-state index in [1.165, 1.54) is 81.4 Å². The SMILES string of the molecule is CC[C@H](C)[C@@H]1NC(=O)[C@H](CC(C)C)N(C)C(=O)C[C@@H](C(=O)N2CCC2)N(C)C(=O)[C@H](C2CCCC2)N(C)C(=O)C2(CCCC2)NC(=O)[C@@H]2CCCN2C(=O)[C@H](CCC2CCC(C(F)(F)F)C(Cl)C2)NC(=O)CN(CC)C(=O)[C@H](CC2CCCCC2)N(C)C(=O)[C@@H]2CCN2C(=O)[C@H](C)N(C)C1=O. The van der Waals surface area contributed by atoms with Crippen LogP contribution < -0.4 is 16.0 Å². The van der Waals surface area contributed by atoms with Crippen molar-refractivity contribution in [3.05, 3.63) is 0 Å². The third-order valence-corrected chi connectivity index (χ3v) is 24.7. The molecule has 4 saturated heterocycles. The van der Waals surface area contributed by atoms with Crippen LogP contribution in [-0.4, -0.2) is 261 Å². The second kappa shape index (κ2) is 35.0. The summed E-state index contributed by atoms with van der Waals surface area (Å²) >= 11 is 6.43. The van der Waals surface area contributed by atoms with Crippen LogP contribution in [0.3, 0.4) is 0 Å². The summed E-state index contributed by atoms with van der Waals surface area (Å²) < 4.78 is 42.2. The van der Waals surface area contributed by atoms with Gasteiger partial charge in [0.1, 0.15) is 59.9 Å². The van der Waals surface area contributed by atoms with Crippen LogP contribution in [0.1, 0.15) is 208 Å². The van der Waals surface area contributed by atoms with Crippen LogP contribution in [0.25, 0.3) is 0 Å². The highest BCUT2D eigenvalue weighted by atomic mass is 35.5. The molecule has 0 aromatic carbocycles. The number of carbonyl (C=O) groups is 12. The van der Waals surface area contributed by atoms with Crippen LogP contribution in [0, 0.1) is 35.5 Å². The number of likely N-dealkylation sites (N-methyl/N-ethyl adjacent to an activating group) is 6. The van der Waals surface area contributed by atoms with Gasteiger partial charge < -0.3 is 60.0 Å². The highest BCUT2D eigenvalue weighted by Crippen LogP contribution is 2.44. The third kappa shape index (κ3) is 18.6. The molecular formula is C73H116ClF3N12O12. The second-order valence-corrected chi connectivity index (χ2v) is 31.9. The number of hydrogen-bond donors (Lipinski definition) is 3.